The minimum atomic E-state index is -0.0705. The highest BCUT2D eigenvalue weighted by molar-refractivity contribution is 5.48. The van der Waals surface area contributed by atoms with Gasteiger partial charge in [0.2, 0.25) is 0 Å². The summed E-state index contributed by atoms with van der Waals surface area (Å²) in [6, 6.07) is 13.1. The molecule has 4 nitrogen and oxygen atoms in total. The Morgan fingerprint density at radius 2 is 1.26 bits per heavy atom. The molecule has 0 spiro atoms. The van der Waals surface area contributed by atoms with Gasteiger partial charge in [0, 0.05) is 29.6 Å². The minimum absolute atomic E-state index is 0.0705. The third-order valence-corrected chi connectivity index (χ3v) is 4.85. The van der Waals surface area contributed by atoms with E-state index in [-0.39, 0.29) is 5.41 Å². The highest BCUT2D eigenvalue weighted by atomic mass is 16.5. The minimum Gasteiger partial charge on any atom is -0.478 e. The quantitative estimate of drug-likeness (QED) is 0.895. The maximum Gasteiger partial charge on any atom is 0.139 e. The van der Waals surface area contributed by atoms with E-state index in [1.807, 2.05) is 0 Å². The van der Waals surface area contributed by atoms with E-state index in [1.54, 1.807) is 0 Å². The third kappa shape index (κ3) is 2.58. The van der Waals surface area contributed by atoms with Gasteiger partial charge in [-0.15, -0.1) is 0 Å². The van der Waals surface area contributed by atoms with Crippen LogP contribution in [0.2, 0.25) is 0 Å². The van der Waals surface area contributed by atoms with Gasteiger partial charge in [0.05, 0.1) is 0 Å². The molecule has 4 rings (SSSR count). The Labute approximate surface area is 136 Å². The van der Waals surface area contributed by atoms with Gasteiger partial charge in [-0.2, -0.15) is 0 Å². The molecule has 0 unspecified atom stereocenters. The first kappa shape index (κ1) is 14.5. The number of fused-ring (bicyclic) bond motifs is 2. The summed E-state index contributed by atoms with van der Waals surface area (Å²) in [5.41, 5.74) is 4.98. The van der Waals surface area contributed by atoms with Crippen LogP contribution in [0.3, 0.4) is 0 Å². The van der Waals surface area contributed by atoms with E-state index in [1.165, 1.54) is 22.3 Å². The molecule has 120 valence electrons. The fraction of sp³-hybridized carbons (Fsp3) is 0.368. The van der Waals surface area contributed by atoms with E-state index in [2.05, 4.69) is 60.9 Å². The lowest BCUT2D eigenvalue weighted by molar-refractivity contribution is 0.256. The molecular weight excluding hydrogens is 288 g/mol. The number of nitrogens with one attached hydrogen (secondary N) is 2. The molecule has 0 saturated heterocycles. The Hall–Kier alpha value is -2.04. The summed E-state index contributed by atoms with van der Waals surface area (Å²) in [7, 11) is 0. The van der Waals surface area contributed by atoms with E-state index in [9.17, 15) is 0 Å². The SMILES string of the molecule is CC(C)(c1ccc2c(c1)CNCO2)c1ccc2c(c1)CNCO2. The van der Waals surface area contributed by atoms with Crippen molar-refractivity contribution < 1.29 is 9.47 Å². The molecule has 0 radical (unpaired) electrons. The van der Waals surface area contributed by atoms with Crippen LogP contribution in [0.25, 0.3) is 0 Å². The van der Waals surface area contributed by atoms with Crippen molar-refractivity contribution in [2.75, 3.05) is 13.5 Å². The second-order valence-corrected chi connectivity index (χ2v) is 6.70. The average Bonchev–Trinajstić information content (AvgIpc) is 2.61. The Balaban J connectivity index is 1.72. The fourth-order valence-corrected chi connectivity index (χ4v) is 3.29. The number of hydrogen-bond donors (Lipinski definition) is 2. The Morgan fingerprint density at radius 3 is 1.74 bits per heavy atom. The molecule has 2 aromatic rings. The summed E-state index contributed by atoms with van der Waals surface area (Å²) in [6.45, 7) is 7.44. The van der Waals surface area contributed by atoms with Crippen molar-refractivity contribution >= 4 is 0 Å². The third-order valence-electron chi connectivity index (χ3n) is 4.85. The van der Waals surface area contributed by atoms with Gasteiger partial charge in [-0.1, -0.05) is 26.0 Å². The molecule has 0 aliphatic carbocycles. The molecule has 4 heteroatoms. The van der Waals surface area contributed by atoms with E-state index >= 15 is 0 Å². The van der Waals surface area contributed by atoms with Crippen LogP contribution in [-0.4, -0.2) is 13.5 Å². The first-order valence-corrected chi connectivity index (χ1v) is 8.08. The van der Waals surface area contributed by atoms with Gasteiger partial charge in [-0.05, 0) is 35.4 Å². The molecule has 0 amide bonds. The molecule has 2 aliphatic rings. The first-order chi connectivity index (χ1) is 11.1. The highest BCUT2D eigenvalue weighted by Gasteiger charge is 2.26. The van der Waals surface area contributed by atoms with E-state index in [4.69, 9.17) is 9.47 Å². The predicted molar refractivity (Wildman–Crippen MR) is 89.7 cm³/mol. The lowest BCUT2D eigenvalue weighted by Crippen LogP contribution is -2.27. The zero-order valence-corrected chi connectivity index (χ0v) is 13.6. The van der Waals surface area contributed by atoms with Crippen LogP contribution in [0.15, 0.2) is 36.4 Å². The second-order valence-electron chi connectivity index (χ2n) is 6.70. The van der Waals surface area contributed by atoms with Crippen LogP contribution in [0, 0.1) is 0 Å². The molecular formula is C19H22N2O2. The zero-order chi connectivity index (χ0) is 15.9. The van der Waals surface area contributed by atoms with Gasteiger partial charge in [-0.25, -0.2) is 0 Å². The number of benzene rings is 2. The summed E-state index contributed by atoms with van der Waals surface area (Å²) in [5, 5.41) is 6.51. The Morgan fingerprint density at radius 1 is 0.783 bits per heavy atom. The lowest BCUT2D eigenvalue weighted by Gasteiger charge is -2.30. The summed E-state index contributed by atoms with van der Waals surface area (Å²) in [5.74, 6) is 1.98. The Bertz CT molecular complexity index is 679. The molecule has 0 bridgehead atoms. The van der Waals surface area contributed by atoms with E-state index in [0.717, 1.165) is 24.6 Å². The lowest BCUT2D eigenvalue weighted by atomic mass is 9.77. The highest BCUT2D eigenvalue weighted by Crippen LogP contribution is 2.36. The van der Waals surface area contributed by atoms with E-state index < -0.39 is 0 Å². The molecule has 0 atom stereocenters. The topological polar surface area (TPSA) is 42.5 Å². The molecule has 0 fully saturated rings. The predicted octanol–water partition coefficient (Wildman–Crippen LogP) is 2.89. The van der Waals surface area contributed by atoms with Crippen molar-refractivity contribution in [3.8, 4) is 11.5 Å². The Kier molecular flexibility index (Phi) is 3.51. The molecule has 23 heavy (non-hydrogen) atoms. The van der Waals surface area contributed by atoms with Crippen molar-refractivity contribution in [1.82, 2.24) is 10.6 Å². The van der Waals surface area contributed by atoms with Gasteiger partial charge < -0.3 is 9.47 Å². The maximum absolute atomic E-state index is 5.64. The summed E-state index contributed by atoms with van der Waals surface area (Å²) >= 11 is 0. The van der Waals surface area contributed by atoms with Gasteiger partial charge in [0.15, 0.2) is 0 Å². The summed E-state index contributed by atoms with van der Waals surface area (Å²) in [4.78, 5) is 0. The van der Waals surface area contributed by atoms with Gasteiger partial charge >= 0.3 is 0 Å². The van der Waals surface area contributed by atoms with Crippen molar-refractivity contribution in [3.05, 3.63) is 58.7 Å². The van der Waals surface area contributed by atoms with Gasteiger partial charge in [0.1, 0.15) is 25.0 Å². The maximum atomic E-state index is 5.64. The number of hydrogen-bond acceptors (Lipinski definition) is 4. The standard InChI is InChI=1S/C19H22N2O2/c1-19(2,15-3-5-17-13(7-15)9-20-11-22-17)16-4-6-18-14(8-16)10-21-12-23-18/h3-8,20-21H,9-12H2,1-2H3. The fourth-order valence-electron chi connectivity index (χ4n) is 3.29. The summed E-state index contributed by atoms with van der Waals surface area (Å²) in [6.07, 6.45) is 0. The average molecular weight is 310 g/mol. The largest absolute Gasteiger partial charge is 0.478 e. The van der Waals surface area contributed by atoms with Crippen molar-refractivity contribution in [3.63, 3.8) is 0 Å². The zero-order valence-electron chi connectivity index (χ0n) is 13.6. The van der Waals surface area contributed by atoms with Crippen molar-refractivity contribution in [1.29, 1.82) is 0 Å². The van der Waals surface area contributed by atoms with Crippen molar-refractivity contribution in [2.24, 2.45) is 0 Å². The molecule has 0 aromatic heterocycles. The smallest absolute Gasteiger partial charge is 0.139 e. The second kappa shape index (κ2) is 5.55. The van der Waals surface area contributed by atoms with Crippen LogP contribution in [0.4, 0.5) is 0 Å². The van der Waals surface area contributed by atoms with Gasteiger partial charge in [-0.3, -0.25) is 10.6 Å². The van der Waals surface area contributed by atoms with Crippen LogP contribution in [-0.2, 0) is 18.5 Å². The van der Waals surface area contributed by atoms with Crippen LogP contribution < -0.4 is 20.1 Å². The number of ether oxygens (including phenoxy) is 2. The normalized spacial score (nSPS) is 16.8. The van der Waals surface area contributed by atoms with Gasteiger partial charge in [0.25, 0.3) is 0 Å². The van der Waals surface area contributed by atoms with Crippen molar-refractivity contribution in [2.45, 2.75) is 32.4 Å². The molecule has 2 heterocycles. The van der Waals surface area contributed by atoms with Crippen LogP contribution in [0.1, 0.15) is 36.1 Å². The number of rotatable bonds is 2. The molecule has 0 saturated carbocycles. The van der Waals surface area contributed by atoms with Crippen LogP contribution >= 0.6 is 0 Å². The van der Waals surface area contributed by atoms with E-state index in [0.29, 0.717) is 13.5 Å². The molecule has 2 aliphatic heterocycles. The molecule has 2 N–H and O–H groups in total. The first-order valence-electron chi connectivity index (χ1n) is 8.08. The monoisotopic (exact) mass is 310 g/mol. The van der Waals surface area contributed by atoms with Crippen LogP contribution in [0.5, 0.6) is 11.5 Å². The molecule has 2 aromatic carbocycles. The summed E-state index contributed by atoms with van der Waals surface area (Å²) < 4.78 is 11.3.